The highest BCUT2D eigenvalue weighted by Gasteiger charge is 2.42. The average molecular weight is 1390 g/mol. The van der Waals surface area contributed by atoms with Gasteiger partial charge in [0.15, 0.2) is 0 Å². The molecule has 8 bridgehead atoms. The smallest absolute Gasteiger partial charge is 0.457 e. The Bertz CT molecular complexity index is 2950. The lowest BCUT2D eigenvalue weighted by molar-refractivity contribution is 0.103. The van der Waals surface area contributed by atoms with Crippen LogP contribution in [0.15, 0.2) is 72.8 Å². The van der Waals surface area contributed by atoms with E-state index in [2.05, 4.69) is 98.8 Å². The Balaban J connectivity index is 1.16. The van der Waals surface area contributed by atoms with Crippen LogP contribution in [0.4, 0.5) is 0 Å². The van der Waals surface area contributed by atoms with Gasteiger partial charge in [-0.05, 0) is 96.8 Å². The second-order valence-electron chi connectivity index (χ2n) is 27.8. The summed E-state index contributed by atoms with van der Waals surface area (Å²) in [6.07, 6.45) is 48.4. The highest BCUT2D eigenvalue weighted by molar-refractivity contribution is 14.1. The van der Waals surface area contributed by atoms with Gasteiger partial charge in [-0.1, -0.05) is 259 Å². The van der Waals surface area contributed by atoms with Crippen molar-refractivity contribution in [2.75, 3.05) is 20.4 Å². The van der Waals surface area contributed by atoms with Gasteiger partial charge in [0.25, 0.3) is 0 Å². The molecule has 0 saturated carbocycles. The Morgan fingerprint density at radius 2 is 0.500 bits per heavy atom. The average Bonchev–Trinajstić information content (AvgIpc) is 0.739. The van der Waals surface area contributed by atoms with Gasteiger partial charge in [0.05, 0.1) is 5.30 Å². The monoisotopic (exact) mass is 1390 g/mol. The van der Waals surface area contributed by atoms with Crippen LogP contribution in [0.25, 0.3) is 0 Å². The van der Waals surface area contributed by atoms with Crippen molar-refractivity contribution in [1.82, 2.24) is 0 Å². The molecule has 4 heterocycles. The normalized spacial score (nSPS) is 18.9. The molecule has 9 nitrogen and oxygen atoms in total. The van der Waals surface area contributed by atoms with Gasteiger partial charge in [-0.25, -0.2) is 4.57 Å². The van der Waals surface area contributed by atoms with Crippen LogP contribution in [0.5, 0.6) is 46.0 Å². The van der Waals surface area contributed by atoms with E-state index in [9.17, 15) is 0 Å². The SMILES string of the molecule is CCCCCCCCCCCC1c2cc3c4cc2OCOc2cc5c(cc21)C(CCCCCCCCCCC)c1cc2c(cc1OCO5)OP(=O)(c1ccc(I)cc1)Oc1cc(c(cc1C2CCCCCCCCCCC)C3CCCCCCCCCCC)OCO4. The molecule has 5 aromatic rings. The molecular formula is C81H114IO9P. The van der Waals surface area contributed by atoms with Crippen molar-refractivity contribution in [3.63, 3.8) is 0 Å². The summed E-state index contributed by atoms with van der Waals surface area (Å²) in [4.78, 5) is 0. The van der Waals surface area contributed by atoms with Crippen LogP contribution < -0.4 is 42.8 Å². The predicted molar refractivity (Wildman–Crippen MR) is 387 cm³/mol. The lowest BCUT2D eigenvalue weighted by atomic mass is 9.76. The van der Waals surface area contributed by atoms with E-state index in [0.717, 1.165) is 119 Å². The zero-order chi connectivity index (χ0) is 63.7. The minimum Gasteiger partial charge on any atom is -0.457 e. The summed E-state index contributed by atoms with van der Waals surface area (Å²) in [5.41, 5.74) is 9.03. The number of hydrogen-bond acceptors (Lipinski definition) is 9. The van der Waals surface area contributed by atoms with Crippen molar-refractivity contribution in [1.29, 1.82) is 0 Å². The Labute approximate surface area is 569 Å². The molecule has 92 heavy (non-hydrogen) atoms. The van der Waals surface area contributed by atoms with Gasteiger partial charge < -0.3 is 37.5 Å². The number of halogens is 1. The number of benzene rings is 5. The minimum absolute atomic E-state index is 0.0157. The van der Waals surface area contributed by atoms with Crippen molar-refractivity contribution >= 4 is 35.5 Å². The number of unbranched alkanes of at least 4 members (excludes halogenated alkanes) is 32. The van der Waals surface area contributed by atoms with Gasteiger partial charge >= 0.3 is 7.60 Å². The van der Waals surface area contributed by atoms with Gasteiger partial charge in [0.2, 0.25) is 20.4 Å². The maximum atomic E-state index is 16.4. The molecule has 5 aromatic carbocycles. The molecule has 2 atom stereocenters. The van der Waals surface area contributed by atoms with E-state index >= 15 is 4.57 Å². The molecule has 1 aliphatic carbocycles. The molecule has 11 heteroatoms. The largest absolute Gasteiger partial charge is 0.462 e. The van der Waals surface area contributed by atoms with Crippen LogP contribution in [-0.4, -0.2) is 20.4 Å². The minimum atomic E-state index is -4.16. The first-order valence-electron chi connectivity index (χ1n) is 37.5. The summed E-state index contributed by atoms with van der Waals surface area (Å²) in [5, 5.41) is 0.491. The maximum Gasteiger partial charge on any atom is 0.462 e. The molecule has 0 saturated heterocycles. The Kier molecular flexibility index (Phi) is 28.3. The van der Waals surface area contributed by atoms with E-state index in [0.29, 0.717) is 28.3 Å². The van der Waals surface area contributed by atoms with Crippen LogP contribution in [0.2, 0.25) is 0 Å². The molecule has 0 aromatic heterocycles. The molecule has 504 valence electrons. The molecule has 0 fully saturated rings. The molecule has 0 N–H and O–H groups in total. The van der Waals surface area contributed by atoms with Crippen LogP contribution >= 0.6 is 30.2 Å². The topological polar surface area (TPSA) is 90.9 Å². The Morgan fingerprint density at radius 1 is 0.293 bits per heavy atom. The summed E-state index contributed by atoms with van der Waals surface area (Å²) in [7, 11) is -4.16. The number of ether oxygens (including phenoxy) is 6. The van der Waals surface area contributed by atoms with Gasteiger partial charge in [-0.2, -0.15) is 0 Å². The lowest BCUT2D eigenvalue weighted by Gasteiger charge is -2.36. The van der Waals surface area contributed by atoms with Crippen molar-refractivity contribution < 1.29 is 42.0 Å². The lowest BCUT2D eigenvalue weighted by Crippen LogP contribution is -2.23. The van der Waals surface area contributed by atoms with Gasteiger partial charge in [0.1, 0.15) is 46.0 Å². The summed E-state index contributed by atoms with van der Waals surface area (Å²) >= 11 is 2.31. The molecule has 4 aliphatic heterocycles. The quantitative estimate of drug-likeness (QED) is 0.0216. The number of rotatable bonds is 41. The third-order valence-corrected chi connectivity index (χ3v) is 23.3. The first-order chi connectivity index (χ1) is 45.3. The van der Waals surface area contributed by atoms with Gasteiger partial charge in [-0.15, -0.1) is 0 Å². The summed E-state index contributed by atoms with van der Waals surface area (Å²) in [5.74, 6) is 5.29. The highest BCUT2D eigenvalue weighted by atomic mass is 127. The second-order valence-corrected chi connectivity index (χ2v) is 30.9. The molecule has 2 unspecified atom stereocenters. The molecule has 0 amide bonds. The molecule has 0 radical (unpaired) electrons. The van der Waals surface area contributed by atoms with E-state index in [-0.39, 0.29) is 44.1 Å². The van der Waals surface area contributed by atoms with E-state index in [1.807, 2.05) is 24.3 Å². The third-order valence-electron chi connectivity index (χ3n) is 20.8. The molecular weight excluding hydrogens is 1270 g/mol. The van der Waals surface area contributed by atoms with Crippen LogP contribution in [-0.2, 0) is 4.57 Å². The second kappa shape index (κ2) is 37.1. The van der Waals surface area contributed by atoms with Crippen molar-refractivity contribution in [3.8, 4) is 46.0 Å². The van der Waals surface area contributed by atoms with Crippen LogP contribution in [0, 0.1) is 3.57 Å². The standard InChI is InChI=1S/C81H114IO9P/c1-5-9-13-17-21-25-29-33-37-41-62-66-49-68-63(42-38-34-30-26-22-18-14-10-6-2)70-51-72-65(44-40-36-32-28-24-20-16-12-8-4)73-52-71-64(43-39-35-31-27-23-19-15-11-7-3)69-50-67(62)75-54-77(69)87-59-89-79(71)56-81(73)91-92(83,61-47-45-60(82)46-48-61)90-80(72)55-78(70)88-58-86-76(68)53-74(66)84-57-85-75/h45-56,62-65H,5-44,57-59H2,1-4H3. The fourth-order valence-electron chi connectivity index (χ4n) is 15.5. The van der Waals surface area contributed by atoms with Gasteiger partial charge in [-0.3, -0.25) is 0 Å². The first-order valence-corrected chi connectivity index (χ1v) is 40.2. The predicted octanol–water partition coefficient (Wildman–Crippen LogP) is 25.3. The Hall–Kier alpha value is -4.54. The van der Waals surface area contributed by atoms with Crippen molar-refractivity contribution in [2.45, 2.75) is 308 Å². The van der Waals surface area contributed by atoms with Crippen molar-refractivity contribution in [3.05, 3.63) is 121 Å². The fraction of sp³-hybridized carbons (Fsp3) is 0.630. The number of hydrogen-bond donors (Lipinski definition) is 0. The van der Waals surface area contributed by atoms with Crippen LogP contribution in [0.3, 0.4) is 0 Å². The highest BCUT2D eigenvalue weighted by Crippen LogP contribution is 2.60. The zero-order valence-electron chi connectivity index (χ0n) is 57.1. The zero-order valence-corrected chi connectivity index (χ0v) is 60.2. The molecule has 10 rings (SSSR count). The fourth-order valence-corrected chi connectivity index (χ4v) is 17.5. The maximum absolute atomic E-state index is 16.4. The summed E-state index contributed by atoms with van der Waals surface area (Å²) in [6, 6.07) is 26.1. The molecule has 0 spiro atoms. The van der Waals surface area contributed by atoms with Gasteiger partial charge in [0, 0.05) is 96.0 Å². The van der Waals surface area contributed by atoms with Crippen molar-refractivity contribution in [2.24, 2.45) is 0 Å². The van der Waals surface area contributed by atoms with E-state index < -0.39 is 7.60 Å². The molecule has 5 aliphatic rings. The van der Waals surface area contributed by atoms with E-state index in [1.165, 1.54) is 208 Å². The van der Waals surface area contributed by atoms with Crippen LogP contribution in [0.1, 0.15) is 353 Å². The summed E-state index contributed by atoms with van der Waals surface area (Å²) < 4.78 is 73.1. The third kappa shape index (κ3) is 18.9. The van der Waals surface area contributed by atoms with E-state index in [1.54, 1.807) is 0 Å². The van der Waals surface area contributed by atoms with E-state index in [4.69, 9.17) is 37.5 Å². The first kappa shape index (κ1) is 70.3. The summed E-state index contributed by atoms with van der Waals surface area (Å²) in [6.45, 7) is 9.22. The Morgan fingerprint density at radius 3 is 0.739 bits per heavy atom.